The fraction of sp³-hybridized carbons (Fsp3) is 0.333. The van der Waals surface area contributed by atoms with Crippen molar-refractivity contribution in [3.05, 3.63) is 29.8 Å². The highest BCUT2D eigenvalue weighted by Gasteiger charge is 2.06. The molecule has 0 saturated carbocycles. The minimum absolute atomic E-state index is 0.360. The monoisotopic (exact) mass is 199 g/mol. The first-order chi connectivity index (χ1) is 6.04. The summed E-state index contributed by atoms with van der Waals surface area (Å²) in [5.41, 5.74) is 6.33. The predicted octanol–water partition coefficient (Wildman–Crippen LogP) is 0.591. The molecule has 0 saturated heterocycles. The first-order valence-corrected chi connectivity index (χ1v) is 5.92. The fourth-order valence-corrected chi connectivity index (χ4v) is 1.79. The summed E-state index contributed by atoms with van der Waals surface area (Å²) in [6.07, 6.45) is 1.91. The number of hydrogen-bond acceptors (Lipinski definition) is 3. The fourth-order valence-electron chi connectivity index (χ4n) is 1.10. The predicted molar refractivity (Wildman–Crippen MR) is 52.3 cm³/mol. The molecule has 13 heavy (non-hydrogen) atoms. The molecule has 0 radical (unpaired) electrons. The molecule has 3 nitrogen and oxygen atoms in total. The van der Waals surface area contributed by atoms with E-state index in [4.69, 9.17) is 5.73 Å². The molecule has 0 fully saturated rings. The normalized spacial score (nSPS) is 11.5. The van der Waals surface area contributed by atoms with E-state index in [-0.39, 0.29) is 0 Å². The molecule has 4 heteroatoms. The first kappa shape index (κ1) is 10.2. The lowest BCUT2D eigenvalue weighted by molar-refractivity contribution is 0.601. The Morgan fingerprint density at radius 2 is 2.08 bits per heavy atom. The third-order valence-corrected chi connectivity index (χ3v) is 2.87. The van der Waals surface area contributed by atoms with Crippen LogP contribution in [-0.4, -0.2) is 21.2 Å². The maximum absolute atomic E-state index is 11.2. The van der Waals surface area contributed by atoms with Crippen molar-refractivity contribution >= 4 is 9.84 Å². The van der Waals surface area contributed by atoms with Gasteiger partial charge in [0, 0.05) is 6.26 Å². The van der Waals surface area contributed by atoms with E-state index in [9.17, 15) is 8.42 Å². The molecule has 0 bridgehead atoms. The molecule has 0 aliphatic heterocycles. The molecule has 1 rings (SSSR count). The lowest BCUT2D eigenvalue weighted by Gasteiger charge is -2.01. The Morgan fingerprint density at radius 3 is 2.62 bits per heavy atom. The Labute approximate surface area is 78.5 Å². The lowest BCUT2D eigenvalue weighted by atomic mass is 10.2. The van der Waals surface area contributed by atoms with Gasteiger partial charge in [-0.2, -0.15) is 0 Å². The maximum atomic E-state index is 11.2. The number of benzene rings is 1. The summed E-state index contributed by atoms with van der Waals surface area (Å²) in [7, 11) is -3.08. The summed E-state index contributed by atoms with van der Waals surface area (Å²) in [4.78, 5) is 0.360. The van der Waals surface area contributed by atoms with Gasteiger partial charge in [0.25, 0.3) is 0 Å². The average Bonchev–Trinajstić information content (AvgIpc) is 2.04. The number of hydrogen-bond donors (Lipinski definition) is 1. The minimum Gasteiger partial charge on any atom is -0.330 e. The smallest absolute Gasteiger partial charge is 0.175 e. The molecule has 0 atom stereocenters. The van der Waals surface area contributed by atoms with Crippen LogP contribution in [0.3, 0.4) is 0 Å². The van der Waals surface area contributed by atoms with Crippen molar-refractivity contribution in [3.8, 4) is 0 Å². The molecular weight excluding hydrogens is 186 g/mol. The Hall–Kier alpha value is -0.870. The van der Waals surface area contributed by atoms with Crippen LogP contribution in [0.5, 0.6) is 0 Å². The van der Waals surface area contributed by atoms with Crippen LogP contribution in [0.15, 0.2) is 29.2 Å². The zero-order chi connectivity index (χ0) is 9.90. The number of rotatable bonds is 3. The highest BCUT2D eigenvalue weighted by atomic mass is 32.2. The van der Waals surface area contributed by atoms with Gasteiger partial charge < -0.3 is 5.73 Å². The van der Waals surface area contributed by atoms with Crippen LogP contribution < -0.4 is 5.73 Å². The Balaban J connectivity index is 3.06. The quantitative estimate of drug-likeness (QED) is 0.775. The third kappa shape index (κ3) is 2.82. The minimum atomic E-state index is -3.08. The van der Waals surface area contributed by atoms with E-state index in [0.29, 0.717) is 17.9 Å². The molecule has 0 unspecified atom stereocenters. The van der Waals surface area contributed by atoms with E-state index in [1.807, 2.05) is 6.07 Å². The Morgan fingerprint density at radius 1 is 1.38 bits per heavy atom. The van der Waals surface area contributed by atoms with E-state index in [1.165, 1.54) is 6.26 Å². The van der Waals surface area contributed by atoms with Gasteiger partial charge in [-0.15, -0.1) is 0 Å². The van der Waals surface area contributed by atoms with Crippen LogP contribution >= 0.6 is 0 Å². The van der Waals surface area contributed by atoms with Gasteiger partial charge in [0.15, 0.2) is 9.84 Å². The molecule has 0 amide bonds. The van der Waals surface area contributed by atoms with E-state index in [1.54, 1.807) is 18.2 Å². The van der Waals surface area contributed by atoms with Crippen molar-refractivity contribution < 1.29 is 8.42 Å². The van der Waals surface area contributed by atoms with E-state index < -0.39 is 9.84 Å². The zero-order valence-electron chi connectivity index (χ0n) is 7.53. The highest BCUT2D eigenvalue weighted by Crippen LogP contribution is 2.11. The van der Waals surface area contributed by atoms with Gasteiger partial charge in [-0.1, -0.05) is 12.1 Å². The van der Waals surface area contributed by atoms with Crippen molar-refractivity contribution in [2.75, 3.05) is 12.8 Å². The summed E-state index contributed by atoms with van der Waals surface area (Å²) in [5.74, 6) is 0. The molecular formula is C9H13NO2S. The molecule has 0 spiro atoms. The molecule has 72 valence electrons. The van der Waals surface area contributed by atoms with E-state index in [2.05, 4.69) is 0 Å². The SMILES string of the molecule is CS(=O)(=O)c1cccc(CCN)c1. The van der Waals surface area contributed by atoms with Crippen LogP contribution in [0.2, 0.25) is 0 Å². The largest absolute Gasteiger partial charge is 0.330 e. The van der Waals surface area contributed by atoms with Gasteiger partial charge in [-0.25, -0.2) is 8.42 Å². The topological polar surface area (TPSA) is 60.2 Å². The molecule has 0 heterocycles. The standard InChI is InChI=1S/C9H13NO2S/c1-13(11,12)9-4-2-3-8(7-9)5-6-10/h2-4,7H,5-6,10H2,1H3. The van der Waals surface area contributed by atoms with Gasteiger partial charge in [-0.3, -0.25) is 0 Å². The van der Waals surface area contributed by atoms with Crippen molar-refractivity contribution in [1.29, 1.82) is 0 Å². The molecule has 2 N–H and O–H groups in total. The molecule has 0 aliphatic rings. The summed E-state index contributed by atoms with van der Waals surface area (Å²) >= 11 is 0. The van der Waals surface area contributed by atoms with Crippen molar-refractivity contribution in [2.24, 2.45) is 5.73 Å². The molecule has 0 aromatic heterocycles. The van der Waals surface area contributed by atoms with Gasteiger partial charge >= 0.3 is 0 Å². The Bertz CT molecular complexity index is 384. The average molecular weight is 199 g/mol. The lowest BCUT2D eigenvalue weighted by Crippen LogP contribution is -2.04. The highest BCUT2D eigenvalue weighted by molar-refractivity contribution is 7.90. The van der Waals surface area contributed by atoms with Crippen LogP contribution in [0.4, 0.5) is 0 Å². The summed E-state index contributed by atoms with van der Waals surface area (Å²) in [6, 6.07) is 6.88. The van der Waals surface area contributed by atoms with E-state index >= 15 is 0 Å². The second-order valence-corrected chi connectivity index (χ2v) is 4.97. The van der Waals surface area contributed by atoms with Gasteiger partial charge in [-0.05, 0) is 30.7 Å². The number of nitrogens with two attached hydrogens (primary N) is 1. The van der Waals surface area contributed by atoms with Crippen molar-refractivity contribution in [3.63, 3.8) is 0 Å². The number of sulfone groups is 1. The van der Waals surface area contributed by atoms with Crippen molar-refractivity contribution in [1.82, 2.24) is 0 Å². The zero-order valence-corrected chi connectivity index (χ0v) is 8.34. The summed E-state index contributed by atoms with van der Waals surface area (Å²) in [5, 5.41) is 0. The van der Waals surface area contributed by atoms with E-state index in [0.717, 1.165) is 5.56 Å². The maximum Gasteiger partial charge on any atom is 0.175 e. The van der Waals surface area contributed by atoms with Crippen LogP contribution in [0.25, 0.3) is 0 Å². The first-order valence-electron chi connectivity index (χ1n) is 4.03. The summed E-state index contributed by atoms with van der Waals surface area (Å²) in [6.45, 7) is 0.535. The molecule has 1 aromatic rings. The van der Waals surface area contributed by atoms with Gasteiger partial charge in [0.1, 0.15) is 0 Å². The third-order valence-electron chi connectivity index (χ3n) is 1.76. The summed E-state index contributed by atoms with van der Waals surface area (Å²) < 4.78 is 22.3. The van der Waals surface area contributed by atoms with Crippen LogP contribution in [-0.2, 0) is 16.3 Å². The van der Waals surface area contributed by atoms with Gasteiger partial charge in [0.05, 0.1) is 4.90 Å². The molecule has 0 aliphatic carbocycles. The second-order valence-electron chi connectivity index (χ2n) is 2.96. The second kappa shape index (κ2) is 3.89. The molecule has 1 aromatic carbocycles. The Kier molecular flexibility index (Phi) is 3.06. The van der Waals surface area contributed by atoms with Crippen LogP contribution in [0, 0.1) is 0 Å². The van der Waals surface area contributed by atoms with Crippen molar-refractivity contribution in [2.45, 2.75) is 11.3 Å². The van der Waals surface area contributed by atoms with Gasteiger partial charge in [0.2, 0.25) is 0 Å². The van der Waals surface area contributed by atoms with Crippen LogP contribution in [0.1, 0.15) is 5.56 Å².